The Labute approximate surface area is 169 Å². The molecule has 1 aromatic heterocycles. The van der Waals surface area contributed by atoms with Crippen LogP contribution in [0.2, 0.25) is 0 Å². The molecule has 0 bridgehead atoms. The van der Waals surface area contributed by atoms with E-state index >= 15 is 0 Å². The van der Waals surface area contributed by atoms with Crippen LogP contribution in [0.15, 0.2) is 46.7 Å². The minimum absolute atomic E-state index is 0.113. The van der Waals surface area contributed by atoms with Crippen LogP contribution in [0.5, 0.6) is 0 Å². The van der Waals surface area contributed by atoms with E-state index in [1.165, 1.54) is 4.88 Å². The first-order chi connectivity index (χ1) is 12.9. The van der Waals surface area contributed by atoms with Gasteiger partial charge in [-0.25, -0.2) is 8.42 Å². The Kier molecular flexibility index (Phi) is 6.65. The maximum absolute atomic E-state index is 12.7. The van der Waals surface area contributed by atoms with Gasteiger partial charge in [-0.05, 0) is 49.4 Å². The van der Waals surface area contributed by atoms with Gasteiger partial charge in [-0.3, -0.25) is 4.79 Å². The second-order valence-corrected chi connectivity index (χ2v) is 11.8. The predicted octanol–water partition coefficient (Wildman–Crippen LogP) is 4.18. The molecule has 1 atom stereocenters. The lowest BCUT2D eigenvalue weighted by Gasteiger charge is -2.20. The molecule has 27 heavy (non-hydrogen) atoms. The Morgan fingerprint density at radius 3 is 2.56 bits per heavy atom. The zero-order chi connectivity index (χ0) is 19.4. The summed E-state index contributed by atoms with van der Waals surface area (Å²) in [5.41, 5.74) is 0.856. The molecule has 1 aliphatic rings. The van der Waals surface area contributed by atoms with Crippen LogP contribution < -0.4 is 0 Å². The molecule has 3 rings (SSSR count). The standard InChI is InChI=1S/C20H25NO3S3/c1-15(2)27(23,24)17-7-5-16(6-8-17)14-20(22)21-10-9-19(26-13-11-21)18-4-3-12-25-18/h3-8,12,15,19H,9-11,13-14H2,1-2H3. The molecular formula is C20H25NO3S3. The summed E-state index contributed by atoms with van der Waals surface area (Å²) < 4.78 is 24.4. The Bertz CT molecular complexity index is 858. The van der Waals surface area contributed by atoms with E-state index in [4.69, 9.17) is 0 Å². The SMILES string of the molecule is CC(C)S(=O)(=O)c1ccc(CC(=O)N2CCSC(c3cccs3)CC2)cc1. The third-order valence-electron chi connectivity index (χ3n) is 4.78. The zero-order valence-corrected chi connectivity index (χ0v) is 18.1. The van der Waals surface area contributed by atoms with Crippen LogP contribution in [-0.4, -0.2) is 43.3 Å². The average Bonchev–Trinajstić information content (AvgIpc) is 3.06. The minimum Gasteiger partial charge on any atom is -0.342 e. The predicted molar refractivity (Wildman–Crippen MR) is 113 cm³/mol. The molecule has 146 valence electrons. The van der Waals surface area contributed by atoms with Crippen molar-refractivity contribution in [2.24, 2.45) is 0 Å². The van der Waals surface area contributed by atoms with E-state index in [0.717, 1.165) is 30.8 Å². The largest absolute Gasteiger partial charge is 0.342 e. The van der Waals surface area contributed by atoms with Crippen molar-refractivity contribution in [3.05, 3.63) is 52.2 Å². The summed E-state index contributed by atoms with van der Waals surface area (Å²) >= 11 is 3.71. The van der Waals surface area contributed by atoms with Gasteiger partial charge in [0, 0.05) is 29.0 Å². The van der Waals surface area contributed by atoms with E-state index in [9.17, 15) is 13.2 Å². The average molecular weight is 424 g/mol. The molecule has 0 N–H and O–H groups in total. The Hall–Kier alpha value is -1.31. The summed E-state index contributed by atoms with van der Waals surface area (Å²) in [5, 5.41) is 2.13. The molecule has 1 amide bonds. The second kappa shape index (κ2) is 8.80. The first-order valence-corrected chi connectivity index (χ1v) is 12.6. The molecule has 1 aliphatic heterocycles. The summed E-state index contributed by atoms with van der Waals surface area (Å²) in [6, 6.07) is 11.0. The monoisotopic (exact) mass is 423 g/mol. The van der Waals surface area contributed by atoms with Crippen LogP contribution in [-0.2, 0) is 21.1 Å². The molecule has 0 saturated carbocycles. The smallest absolute Gasteiger partial charge is 0.227 e. The number of hydrogen-bond acceptors (Lipinski definition) is 5. The minimum atomic E-state index is -3.27. The molecule has 0 aliphatic carbocycles. The summed E-state index contributed by atoms with van der Waals surface area (Å²) in [5.74, 6) is 1.06. The first-order valence-electron chi connectivity index (χ1n) is 9.13. The van der Waals surface area contributed by atoms with Gasteiger partial charge in [0.15, 0.2) is 9.84 Å². The number of amides is 1. The van der Waals surface area contributed by atoms with Gasteiger partial charge in [-0.15, -0.1) is 11.3 Å². The quantitative estimate of drug-likeness (QED) is 0.724. The summed E-state index contributed by atoms with van der Waals surface area (Å²) in [6.07, 6.45) is 1.29. The van der Waals surface area contributed by atoms with Crippen LogP contribution in [0, 0.1) is 0 Å². The lowest BCUT2D eigenvalue weighted by molar-refractivity contribution is -0.130. The maximum atomic E-state index is 12.7. The van der Waals surface area contributed by atoms with Crippen molar-refractivity contribution in [2.45, 2.75) is 42.1 Å². The van der Waals surface area contributed by atoms with Crippen LogP contribution in [0.25, 0.3) is 0 Å². The van der Waals surface area contributed by atoms with Gasteiger partial charge in [-0.1, -0.05) is 18.2 Å². The van der Waals surface area contributed by atoms with E-state index in [-0.39, 0.29) is 5.91 Å². The normalized spacial score (nSPS) is 18.5. The molecule has 4 nitrogen and oxygen atoms in total. The van der Waals surface area contributed by atoms with Crippen LogP contribution in [0.3, 0.4) is 0 Å². The van der Waals surface area contributed by atoms with Crippen molar-refractivity contribution in [1.82, 2.24) is 4.90 Å². The number of nitrogens with zero attached hydrogens (tertiary/aromatic N) is 1. The van der Waals surface area contributed by atoms with Crippen molar-refractivity contribution >= 4 is 38.8 Å². The first kappa shape index (κ1) is 20.4. The lowest BCUT2D eigenvalue weighted by atomic mass is 10.1. The highest BCUT2D eigenvalue weighted by Gasteiger charge is 2.23. The van der Waals surface area contributed by atoms with Crippen molar-refractivity contribution < 1.29 is 13.2 Å². The Balaban J connectivity index is 1.60. The lowest BCUT2D eigenvalue weighted by Crippen LogP contribution is -2.34. The molecule has 1 aromatic carbocycles. The number of hydrogen-bond donors (Lipinski definition) is 0. The number of benzene rings is 1. The topological polar surface area (TPSA) is 54.5 Å². The Morgan fingerprint density at radius 2 is 1.93 bits per heavy atom. The van der Waals surface area contributed by atoms with Crippen LogP contribution >= 0.6 is 23.1 Å². The molecule has 7 heteroatoms. The highest BCUT2D eigenvalue weighted by atomic mass is 32.2. The van der Waals surface area contributed by atoms with Crippen LogP contribution in [0.1, 0.15) is 36.0 Å². The maximum Gasteiger partial charge on any atom is 0.227 e. The van der Waals surface area contributed by atoms with E-state index < -0.39 is 15.1 Å². The molecular weight excluding hydrogens is 398 g/mol. The van der Waals surface area contributed by atoms with Crippen molar-refractivity contribution in [3.8, 4) is 0 Å². The van der Waals surface area contributed by atoms with E-state index in [1.54, 1.807) is 49.4 Å². The number of carbonyl (C=O) groups excluding carboxylic acids is 1. The van der Waals surface area contributed by atoms with Gasteiger partial charge in [0.2, 0.25) is 5.91 Å². The highest BCUT2D eigenvalue weighted by molar-refractivity contribution is 7.99. The molecule has 1 fully saturated rings. The fourth-order valence-corrected chi connectivity index (χ4v) is 6.37. The van der Waals surface area contributed by atoms with Gasteiger partial charge < -0.3 is 4.90 Å². The van der Waals surface area contributed by atoms with Gasteiger partial charge in [0.25, 0.3) is 0 Å². The number of thiophene rings is 1. The molecule has 1 unspecified atom stereocenters. The summed E-state index contributed by atoms with van der Waals surface area (Å²) in [4.78, 5) is 16.4. The molecule has 2 aromatic rings. The fraction of sp³-hybridized carbons (Fsp3) is 0.450. The van der Waals surface area contributed by atoms with Crippen molar-refractivity contribution in [1.29, 1.82) is 0 Å². The number of rotatable bonds is 5. The molecule has 0 radical (unpaired) electrons. The van der Waals surface area contributed by atoms with E-state index in [0.29, 0.717) is 16.6 Å². The van der Waals surface area contributed by atoms with Crippen molar-refractivity contribution in [3.63, 3.8) is 0 Å². The van der Waals surface area contributed by atoms with Crippen LogP contribution in [0.4, 0.5) is 0 Å². The number of thioether (sulfide) groups is 1. The van der Waals surface area contributed by atoms with Crippen molar-refractivity contribution in [2.75, 3.05) is 18.8 Å². The summed E-state index contributed by atoms with van der Waals surface area (Å²) in [7, 11) is -3.27. The van der Waals surface area contributed by atoms with Gasteiger partial charge in [0.1, 0.15) is 0 Å². The summed E-state index contributed by atoms with van der Waals surface area (Å²) in [6.45, 7) is 4.89. The van der Waals surface area contributed by atoms with Gasteiger partial charge in [0.05, 0.1) is 16.6 Å². The zero-order valence-electron chi connectivity index (χ0n) is 15.6. The van der Waals surface area contributed by atoms with Gasteiger partial charge in [-0.2, -0.15) is 11.8 Å². The van der Waals surface area contributed by atoms with E-state index in [1.807, 2.05) is 16.7 Å². The number of sulfone groups is 1. The molecule has 2 heterocycles. The highest BCUT2D eigenvalue weighted by Crippen LogP contribution is 2.36. The second-order valence-electron chi connectivity index (χ2n) is 6.96. The molecule has 1 saturated heterocycles. The Morgan fingerprint density at radius 1 is 1.19 bits per heavy atom. The molecule has 0 spiro atoms. The van der Waals surface area contributed by atoms with E-state index in [2.05, 4.69) is 17.5 Å². The third kappa shape index (κ3) is 4.95. The number of carbonyl (C=O) groups is 1. The van der Waals surface area contributed by atoms with Gasteiger partial charge >= 0.3 is 0 Å². The fourth-order valence-electron chi connectivity index (χ4n) is 3.08. The third-order valence-corrected chi connectivity index (χ3v) is 9.40.